The first-order chi connectivity index (χ1) is 14.9. The van der Waals surface area contributed by atoms with Gasteiger partial charge in [0, 0.05) is 6.04 Å². The van der Waals surface area contributed by atoms with Crippen LogP contribution in [-0.2, 0) is 9.59 Å². The zero-order valence-corrected chi connectivity index (χ0v) is 19.6. The molecule has 1 aromatic rings. The smallest absolute Gasteiger partial charge is 0.328 e. The summed E-state index contributed by atoms with van der Waals surface area (Å²) < 4.78 is 5.84. The lowest BCUT2D eigenvalue weighted by Gasteiger charge is -2.23. The molecular formula is C23H37N3O6. The van der Waals surface area contributed by atoms with Gasteiger partial charge in [0.2, 0.25) is 5.91 Å². The highest BCUT2D eigenvalue weighted by atomic mass is 16.5. The molecule has 2 amide bonds. The third kappa shape index (κ3) is 9.23. The molecule has 0 saturated carbocycles. The molecule has 1 aromatic carbocycles. The molecule has 3 atom stereocenters. The maximum absolute atomic E-state index is 13.0. The van der Waals surface area contributed by atoms with E-state index in [1.807, 2.05) is 20.8 Å². The van der Waals surface area contributed by atoms with Crippen molar-refractivity contribution >= 4 is 17.8 Å². The summed E-state index contributed by atoms with van der Waals surface area (Å²) in [4.78, 5) is 36.8. The first-order valence-electron chi connectivity index (χ1n) is 10.9. The number of ether oxygens (including phenoxy) is 1. The van der Waals surface area contributed by atoms with E-state index in [9.17, 15) is 19.5 Å². The molecule has 180 valence electrons. The van der Waals surface area contributed by atoms with Crippen LogP contribution >= 0.6 is 0 Å². The number of hydrogen-bond acceptors (Lipinski definition) is 6. The van der Waals surface area contributed by atoms with E-state index in [2.05, 4.69) is 24.5 Å². The number of rotatable bonds is 13. The minimum Gasteiger partial charge on any atom is -0.491 e. The molecule has 9 heteroatoms. The Hall–Kier alpha value is -2.65. The summed E-state index contributed by atoms with van der Waals surface area (Å²) in [5.74, 6) is -1.73. The van der Waals surface area contributed by atoms with Gasteiger partial charge in [-0.15, -0.1) is 0 Å². The highest BCUT2D eigenvalue weighted by Gasteiger charge is 2.28. The van der Waals surface area contributed by atoms with Crippen molar-refractivity contribution < 1.29 is 29.3 Å². The summed E-state index contributed by atoms with van der Waals surface area (Å²) in [5, 5.41) is 23.2. The van der Waals surface area contributed by atoms with Gasteiger partial charge >= 0.3 is 5.97 Å². The molecular weight excluding hydrogens is 414 g/mol. The average molecular weight is 452 g/mol. The van der Waals surface area contributed by atoms with Crippen molar-refractivity contribution in [1.82, 2.24) is 10.6 Å². The highest BCUT2D eigenvalue weighted by molar-refractivity contribution is 6.00. The summed E-state index contributed by atoms with van der Waals surface area (Å²) in [7, 11) is 0. The van der Waals surface area contributed by atoms with Crippen molar-refractivity contribution in [3.05, 3.63) is 29.3 Å². The van der Waals surface area contributed by atoms with E-state index in [0.29, 0.717) is 11.7 Å². The number of carboxylic acid groups (broad SMARTS) is 1. The normalized spacial score (nSPS) is 14.0. The van der Waals surface area contributed by atoms with Crippen molar-refractivity contribution in [3.63, 3.8) is 0 Å². The lowest BCUT2D eigenvalue weighted by Crippen LogP contribution is -2.53. The molecule has 0 unspecified atom stereocenters. The quantitative estimate of drug-likeness (QED) is 0.304. The minimum atomic E-state index is -1.45. The number of aliphatic carboxylic acids is 1. The number of carbonyl (C=O) groups excluding carboxylic acids is 2. The van der Waals surface area contributed by atoms with Crippen LogP contribution in [0.4, 0.5) is 0 Å². The van der Waals surface area contributed by atoms with Crippen LogP contribution in [-0.4, -0.2) is 59.3 Å². The van der Waals surface area contributed by atoms with Crippen LogP contribution in [0, 0.1) is 18.8 Å². The Morgan fingerprint density at radius 1 is 1.03 bits per heavy atom. The molecule has 9 nitrogen and oxygen atoms in total. The molecule has 1 rings (SSSR count). The number of nitrogens with one attached hydrogen (secondary N) is 2. The van der Waals surface area contributed by atoms with E-state index in [1.54, 1.807) is 18.2 Å². The summed E-state index contributed by atoms with van der Waals surface area (Å²) >= 11 is 0. The molecule has 0 heterocycles. The largest absolute Gasteiger partial charge is 0.491 e. The second kappa shape index (κ2) is 13.0. The predicted octanol–water partition coefficient (Wildman–Crippen LogP) is 1.45. The number of aliphatic hydroxyl groups excluding tert-OH is 1. The van der Waals surface area contributed by atoms with Gasteiger partial charge in [0.25, 0.3) is 5.91 Å². The Morgan fingerprint density at radius 3 is 2.19 bits per heavy atom. The molecule has 0 saturated heterocycles. The number of amides is 2. The number of benzene rings is 1. The molecule has 0 spiro atoms. The Bertz CT molecular complexity index is 781. The Balaban J connectivity index is 3.02. The van der Waals surface area contributed by atoms with E-state index < -0.39 is 36.5 Å². The molecule has 0 aliphatic rings. The molecule has 0 aromatic heterocycles. The predicted molar refractivity (Wildman–Crippen MR) is 121 cm³/mol. The fraction of sp³-hybridized carbons (Fsp3) is 0.609. The van der Waals surface area contributed by atoms with E-state index >= 15 is 0 Å². The maximum Gasteiger partial charge on any atom is 0.328 e. The van der Waals surface area contributed by atoms with Gasteiger partial charge in [0.1, 0.15) is 24.4 Å². The Labute approximate surface area is 189 Å². The first kappa shape index (κ1) is 27.4. The molecule has 0 fully saturated rings. The molecule has 0 aliphatic heterocycles. The van der Waals surface area contributed by atoms with Crippen LogP contribution in [0.1, 0.15) is 56.5 Å². The van der Waals surface area contributed by atoms with E-state index in [-0.39, 0.29) is 30.6 Å². The van der Waals surface area contributed by atoms with Crippen molar-refractivity contribution in [2.45, 2.75) is 65.6 Å². The third-order valence-corrected chi connectivity index (χ3v) is 4.73. The van der Waals surface area contributed by atoms with Crippen molar-refractivity contribution in [2.24, 2.45) is 17.6 Å². The van der Waals surface area contributed by atoms with Crippen LogP contribution in [0.2, 0.25) is 0 Å². The zero-order chi connectivity index (χ0) is 24.4. The molecule has 6 N–H and O–H groups in total. The topological polar surface area (TPSA) is 151 Å². The van der Waals surface area contributed by atoms with Crippen LogP contribution in [0.15, 0.2) is 18.2 Å². The molecule has 32 heavy (non-hydrogen) atoms. The van der Waals surface area contributed by atoms with Gasteiger partial charge in [-0.3, -0.25) is 9.59 Å². The van der Waals surface area contributed by atoms with Crippen LogP contribution in [0.3, 0.4) is 0 Å². The molecule has 0 radical (unpaired) electrons. The van der Waals surface area contributed by atoms with Gasteiger partial charge in [-0.05, 0) is 49.3 Å². The van der Waals surface area contributed by atoms with Gasteiger partial charge in [0.15, 0.2) is 0 Å². The standard InChI is InChI=1S/C23H37N3O6/c1-13(2)8-16(24)12-32-20-10-15(5)6-7-17(20)21(28)25-18(9-14(3)4)22(29)26-19(11-27)23(30)31/h6-7,10,13-14,16,18-19,27H,8-9,11-12,24H2,1-5H3,(H,25,28)(H,26,29)(H,30,31)/t16-,18+,19+/m1/s1. The van der Waals surface area contributed by atoms with Crippen LogP contribution in [0.25, 0.3) is 0 Å². The maximum atomic E-state index is 13.0. The number of carbonyl (C=O) groups is 3. The lowest BCUT2D eigenvalue weighted by atomic mass is 10.0. The Kier molecular flexibility index (Phi) is 11.1. The van der Waals surface area contributed by atoms with Gasteiger partial charge < -0.3 is 31.3 Å². The van der Waals surface area contributed by atoms with Gasteiger partial charge in [0.05, 0.1) is 12.2 Å². The molecule has 0 aliphatic carbocycles. The Morgan fingerprint density at radius 2 is 1.66 bits per heavy atom. The second-order valence-electron chi connectivity index (χ2n) is 8.94. The number of aryl methyl sites for hydroxylation is 1. The van der Waals surface area contributed by atoms with Crippen molar-refractivity contribution in [1.29, 1.82) is 0 Å². The summed E-state index contributed by atoms with van der Waals surface area (Å²) in [6.45, 7) is 9.25. The van der Waals surface area contributed by atoms with Crippen LogP contribution in [0.5, 0.6) is 5.75 Å². The SMILES string of the molecule is Cc1ccc(C(=O)N[C@@H](CC(C)C)C(=O)N[C@@H](CO)C(=O)O)c(OC[C@H](N)CC(C)C)c1. The van der Waals surface area contributed by atoms with Gasteiger partial charge in [-0.25, -0.2) is 4.79 Å². The number of carboxylic acids is 1. The average Bonchev–Trinajstić information content (AvgIpc) is 2.68. The zero-order valence-electron chi connectivity index (χ0n) is 19.6. The summed E-state index contributed by atoms with van der Waals surface area (Å²) in [6.07, 6.45) is 1.07. The molecule has 0 bridgehead atoms. The fourth-order valence-electron chi connectivity index (χ4n) is 3.20. The monoisotopic (exact) mass is 451 g/mol. The third-order valence-electron chi connectivity index (χ3n) is 4.73. The highest BCUT2D eigenvalue weighted by Crippen LogP contribution is 2.21. The minimum absolute atomic E-state index is 0.0474. The second-order valence-corrected chi connectivity index (χ2v) is 8.94. The number of nitrogens with two attached hydrogens (primary N) is 1. The van der Waals surface area contributed by atoms with E-state index in [4.69, 9.17) is 15.6 Å². The van der Waals surface area contributed by atoms with Gasteiger partial charge in [-0.2, -0.15) is 0 Å². The summed E-state index contributed by atoms with van der Waals surface area (Å²) in [5.41, 5.74) is 7.26. The first-order valence-corrected chi connectivity index (χ1v) is 10.9. The van der Waals surface area contributed by atoms with Crippen LogP contribution < -0.4 is 21.1 Å². The van der Waals surface area contributed by atoms with Crippen molar-refractivity contribution in [3.8, 4) is 5.75 Å². The number of hydrogen-bond donors (Lipinski definition) is 5. The van der Waals surface area contributed by atoms with E-state index in [1.165, 1.54) is 0 Å². The van der Waals surface area contributed by atoms with Gasteiger partial charge in [-0.1, -0.05) is 33.8 Å². The lowest BCUT2D eigenvalue weighted by molar-refractivity contribution is -0.143. The van der Waals surface area contributed by atoms with E-state index in [0.717, 1.165) is 12.0 Å². The number of aliphatic hydroxyl groups is 1. The summed E-state index contributed by atoms with van der Waals surface area (Å²) in [6, 6.07) is 2.51. The fourth-order valence-corrected chi connectivity index (χ4v) is 3.20. The van der Waals surface area contributed by atoms with Crippen molar-refractivity contribution in [2.75, 3.05) is 13.2 Å².